The van der Waals surface area contributed by atoms with Gasteiger partial charge in [-0.1, -0.05) is 12.8 Å². The van der Waals surface area contributed by atoms with Gasteiger partial charge in [-0.15, -0.1) is 11.3 Å². The average molecular weight is 334 g/mol. The standard InChI is InChI=1S/C17H19FN2O2S/c18-14-7-12(15-13(8-14)10-21-11-22-15)9-20-17(3-1-2-4-17)16-19-5-6-23-16/h5-8,20H,1-4,9-11H2. The number of aromatic nitrogens is 1. The first-order valence-electron chi connectivity index (χ1n) is 7.94. The van der Waals surface area contributed by atoms with Crippen LogP contribution < -0.4 is 10.1 Å². The number of hydrogen-bond acceptors (Lipinski definition) is 5. The van der Waals surface area contributed by atoms with E-state index in [9.17, 15) is 4.39 Å². The Bertz CT molecular complexity index is 684. The maximum atomic E-state index is 13.9. The number of rotatable bonds is 4. The lowest BCUT2D eigenvalue weighted by Crippen LogP contribution is -2.39. The monoisotopic (exact) mass is 334 g/mol. The number of ether oxygens (including phenoxy) is 2. The minimum atomic E-state index is -0.246. The van der Waals surface area contributed by atoms with Crippen LogP contribution in [-0.4, -0.2) is 11.8 Å². The van der Waals surface area contributed by atoms with Crippen LogP contribution in [0.3, 0.4) is 0 Å². The topological polar surface area (TPSA) is 43.4 Å². The molecule has 4 rings (SSSR count). The first kappa shape index (κ1) is 15.1. The fraction of sp³-hybridized carbons (Fsp3) is 0.471. The molecule has 1 aliphatic heterocycles. The van der Waals surface area contributed by atoms with Crippen molar-refractivity contribution in [2.75, 3.05) is 6.79 Å². The molecule has 23 heavy (non-hydrogen) atoms. The van der Waals surface area contributed by atoms with E-state index in [1.54, 1.807) is 17.4 Å². The van der Waals surface area contributed by atoms with E-state index in [0.29, 0.717) is 13.2 Å². The van der Waals surface area contributed by atoms with Crippen molar-refractivity contribution in [2.24, 2.45) is 0 Å². The van der Waals surface area contributed by atoms with Crippen molar-refractivity contribution < 1.29 is 13.9 Å². The van der Waals surface area contributed by atoms with Crippen molar-refractivity contribution in [1.82, 2.24) is 10.3 Å². The van der Waals surface area contributed by atoms with Gasteiger partial charge in [0.2, 0.25) is 0 Å². The van der Waals surface area contributed by atoms with Crippen LogP contribution >= 0.6 is 11.3 Å². The largest absolute Gasteiger partial charge is 0.467 e. The molecule has 122 valence electrons. The Morgan fingerprint density at radius 3 is 2.96 bits per heavy atom. The van der Waals surface area contributed by atoms with Crippen molar-refractivity contribution in [3.05, 3.63) is 45.7 Å². The lowest BCUT2D eigenvalue weighted by atomic mass is 9.97. The molecule has 2 aromatic rings. The Labute approximate surface area is 138 Å². The zero-order valence-corrected chi connectivity index (χ0v) is 13.6. The summed E-state index contributed by atoms with van der Waals surface area (Å²) >= 11 is 1.69. The van der Waals surface area contributed by atoms with Crippen molar-refractivity contribution >= 4 is 11.3 Å². The molecule has 1 N–H and O–H groups in total. The third-order valence-corrected chi connectivity index (χ3v) is 5.64. The van der Waals surface area contributed by atoms with E-state index in [1.165, 1.54) is 18.9 Å². The second-order valence-corrected chi connectivity index (χ2v) is 7.04. The third-order valence-electron chi connectivity index (χ3n) is 4.67. The molecule has 0 amide bonds. The number of nitrogens with zero attached hydrogens (tertiary/aromatic N) is 1. The maximum Gasteiger partial charge on any atom is 0.189 e. The summed E-state index contributed by atoms with van der Waals surface area (Å²) in [6, 6.07) is 3.05. The summed E-state index contributed by atoms with van der Waals surface area (Å²) in [5.74, 6) is 0.516. The van der Waals surface area contributed by atoms with Crippen LogP contribution in [0.15, 0.2) is 23.7 Å². The fourth-order valence-electron chi connectivity index (χ4n) is 3.56. The normalized spacial score (nSPS) is 19.3. The highest BCUT2D eigenvalue weighted by Crippen LogP contribution is 2.40. The van der Waals surface area contributed by atoms with E-state index in [4.69, 9.17) is 9.47 Å². The van der Waals surface area contributed by atoms with Gasteiger partial charge in [0.15, 0.2) is 6.79 Å². The maximum absolute atomic E-state index is 13.9. The quantitative estimate of drug-likeness (QED) is 0.926. The van der Waals surface area contributed by atoms with E-state index in [1.807, 2.05) is 11.6 Å². The van der Waals surface area contributed by atoms with Gasteiger partial charge in [-0.3, -0.25) is 0 Å². The summed E-state index contributed by atoms with van der Waals surface area (Å²) < 4.78 is 24.7. The highest BCUT2D eigenvalue weighted by molar-refractivity contribution is 7.09. The van der Waals surface area contributed by atoms with Crippen LogP contribution in [-0.2, 0) is 23.4 Å². The predicted molar refractivity (Wildman–Crippen MR) is 85.8 cm³/mol. The van der Waals surface area contributed by atoms with Crippen molar-refractivity contribution in [1.29, 1.82) is 0 Å². The number of thiazole rings is 1. The van der Waals surface area contributed by atoms with Crippen LogP contribution in [0.4, 0.5) is 4.39 Å². The Morgan fingerprint density at radius 1 is 1.30 bits per heavy atom. The molecule has 6 heteroatoms. The summed E-state index contributed by atoms with van der Waals surface area (Å²) in [5.41, 5.74) is 1.55. The zero-order valence-electron chi connectivity index (χ0n) is 12.8. The molecule has 0 radical (unpaired) electrons. The van der Waals surface area contributed by atoms with Crippen LogP contribution in [0.2, 0.25) is 0 Å². The average Bonchev–Trinajstić information content (AvgIpc) is 3.24. The molecule has 0 saturated heterocycles. The molecule has 2 aliphatic rings. The first-order chi connectivity index (χ1) is 11.3. The molecule has 4 nitrogen and oxygen atoms in total. The van der Waals surface area contributed by atoms with E-state index >= 15 is 0 Å². The van der Waals surface area contributed by atoms with Gasteiger partial charge in [-0.05, 0) is 25.0 Å². The van der Waals surface area contributed by atoms with Crippen molar-refractivity contribution in [3.8, 4) is 5.75 Å². The lowest BCUT2D eigenvalue weighted by Gasteiger charge is -2.29. The molecule has 1 aromatic heterocycles. The van der Waals surface area contributed by atoms with E-state index in [2.05, 4.69) is 10.3 Å². The number of hydrogen-bond donors (Lipinski definition) is 1. The predicted octanol–water partition coefficient (Wildman–Crippen LogP) is 3.71. The van der Waals surface area contributed by atoms with Gasteiger partial charge in [-0.2, -0.15) is 0 Å². The fourth-order valence-corrected chi connectivity index (χ4v) is 4.43. The van der Waals surface area contributed by atoms with Gasteiger partial charge < -0.3 is 14.8 Å². The molecule has 0 bridgehead atoms. The second-order valence-electron chi connectivity index (χ2n) is 6.14. The summed E-state index contributed by atoms with van der Waals surface area (Å²) in [7, 11) is 0. The van der Waals surface area contributed by atoms with Gasteiger partial charge >= 0.3 is 0 Å². The Balaban J connectivity index is 1.60. The number of fused-ring (bicyclic) bond motifs is 1. The van der Waals surface area contributed by atoms with Gasteiger partial charge in [-0.25, -0.2) is 9.37 Å². The molecule has 1 fully saturated rings. The van der Waals surface area contributed by atoms with Gasteiger partial charge in [0.1, 0.15) is 16.6 Å². The van der Waals surface area contributed by atoms with Crippen LogP contribution in [0.25, 0.3) is 0 Å². The molecule has 1 aliphatic carbocycles. The molecule has 2 heterocycles. The molecule has 0 spiro atoms. The summed E-state index contributed by atoms with van der Waals surface area (Å²) in [4.78, 5) is 4.52. The summed E-state index contributed by atoms with van der Waals surface area (Å²) in [6.07, 6.45) is 6.38. The molecule has 1 aromatic carbocycles. The number of benzene rings is 1. The van der Waals surface area contributed by atoms with Crippen LogP contribution in [0.1, 0.15) is 41.8 Å². The van der Waals surface area contributed by atoms with Gasteiger partial charge in [0.25, 0.3) is 0 Å². The lowest BCUT2D eigenvalue weighted by molar-refractivity contribution is -0.0174. The van der Waals surface area contributed by atoms with Crippen molar-refractivity contribution in [3.63, 3.8) is 0 Å². The van der Waals surface area contributed by atoms with E-state index < -0.39 is 0 Å². The Kier molecular flexibility index (Phi) is 4.05. The second kappa shape index (κ2) is 6.19. The summed E-state index contributed by atoms with van der Waals surface area (Å²) in [5, 5.41) is 6.80. The number of halogens is 1. The van der Waals surface area contributed by atoms with Gasteiger partial charge in [0, 0.05) is 29.2 Å². The Hall–Kier alpha value is -1.50. The Morgan fingerprint density at radius 2 is 2.17 bits per heavy atom. The van der Waals surface area contributed by atoms with Crippen LogP contribution in [0.5, 0.6) is 5.75 Å². The van der Waals surface area contributed by atoms with Crippen molar-refractivity contribution in [2.45, 2.75) is 44.4 Å². The number of nitrogens with one attached hydrogen (secondary N) is 1. The highest BCUT2D eigenvalue weighted by atomic mass is 32.1. The molecule has 0 unspecified atom stereocenters. The molecule has 1 saturated carbocycles. The zero-order chi connectivity index (χ0) is 15.7. The smallest absolute Gasteiger partial charge is 0.189 e. The minimum absolute atomic E-state index is 0.0848. The third kappa shape index (κ3) is 2.86. The minimum Gasteiger partial charge on any atom is -0.467 e. The van der Waals surface area contributed by atoms with E-state index in [-0.39, 0.29) is 18.1 Å². The SMILES string of the molecule is Fc1cc(CNC2(c3nccs3)CCCC2)c2c(c1)COCO2. The van der Waals surface area contributed by atoms with Crippen LogP contribution in [0, 0.1) is 5.82 Å². The molecule has 0 atom stereocenters. The van der Waals surface area contributed by atoms with E-state index in [0.717, 1.165) is 34.7 Å². The molecular formula is C17H19FN2O2S. The first-order valence-corrected chi connectivity index (χ1v) is 8.82. The van der Waals surface area contributed by atoms with Gasteiger partial charge in [0.05, 0.1) is 12.1 Å². The highest BCUT2D eigenvalue weighted by Gasteiger charge is 2.37. The summed E-state index contributed by atoms with van der Waals surface area (Å²) in [6.45, 7) is 1.20. The molecular weight excluding hydrogens is 315 g/mol.